The Bertz CT molecular complexity index is 1360. The molecule has 11 heteroatoms. The van der Waals surface area contributed by atoms with E-state index in [4.69, 9.17) is 20.2 Å². The zero-order valence-electron chi connectivity index (χ0n) is 22.3. The van der Waals surface area contributed by atoms with Gasteiger partial charge in [-0.25, -0.2) is 14.3 Å². The van der Waals surface area contributed by atoms with E-state index in [-0.39, 0.29) is 30.3 Å². The van der Waals surface area contributed by atoms with Crippen LogP contribution in [-0.2, 0) is 4.74 Å². The largest absolute Gasteiger partial charge is 0.489 e. The SMILES string of the molecule is CC(C)(O)COc1cc(-c2ccc(N3CC4CC(C3)N4C(=O)OC(C)(C)C)nc2)c2c(C(N)=O)cnn2c1. The monoisotopic (exact) mass is 522 g/mol. The number of hydrogen-bond donors (Lipinski definition) is 2. The van der Waals surface area contributed by atoms with Gasteiger partial charge in [0.25, 0.3) is 5.91 Å². The first-order valence-corrected chi connectivity index (χ1v) is 12.7. The van der Waals surface area contributed by atoms with Crippen LogP contribution in [-0.4, -0.2) is 79.6 Å². The van der Waals surface area contributed by atoms with Gasteiger partial charge in [0, 0.05) is 30.4 Å². The van der Waals surface area contributed by atoms with Crippen LogP contribution in [0.2, 0.25) is 0 Å². The van der Waals surface area contributed by atoms with Crippen LogP contribution in [0.5, 0.6) is 5.75 Å². The molecule has 38 heavy (non-hydrogen) atoms. The number of nitrogens with zero attached hydrogens (tertiary/aromatic N) is 5. The fourth-order valence-electron chi connectivity index (χ4n) is 4.98. The number of aliphatic hydroxyl groups is 1. The molecule has 0 saturated carbocycles. The summed E-state index contributed by atoms with van der Waals surface area (Å²) < 4.78 is 12.9. The van der Waals surface area contributed by atoms with E-state index in [1.54, 1.807) is 36.8 Å². The van der Waals surface area contributed by atoms with Crippen LogP contribution in [0.3, 0.4) is 0 Å². The van der Waals surface area contributed by atoms with Gasteiger partial charge in [-0.3, -0.25) is 9.69 Å². The highest BCUT2D eigenvalue weighted by Gasteiger charge is 2.49. The standard InChI is InChI=1S/C27H34N6O5/c1-26(2,3)38-25(35)33-17-8-18(33)13-31(12-17)22-7-6-16(10-29-22)20-9-19(37-15-27(4,5)36)14-32-23(20)21(11-30-32)24(28)34/h6-7,9-11,14,17-18,36H,8,12-13,15H2,1-5H3,(H2,28,34). The maximum atomic E-state index is 12.6. The molecule has 3 aliphatic rings. The van der Waals surface area contributed by atoms with Gasteiger partial charge in [-0.05, 0) is 59.2 Å². The molecule has 3 N–H and O–H groups in total. The Balaban J connectivity index is 1.38. The van der Waals surface area contributed by atoms with E-state index >= 15 is 0 Å². The normalized spacial score (nSPS) is 19.3. The second-order valence-electron chi connectivity index (χ2n) is 11.6. The molecule has 6 rings (SSSR count). The summed E-state index contributed by atoms with van der Waals surface area (Å²) in [5, 5.41) is 14.4. The third kappa shape index (κ3) is 5.10. The Morgan fingerprint density at radius 1 is 1.13 bits per heavy atom. The van der Waals surface area contributed by atoms with Gasteiger partial charge in [0.15, 0.2) is 0 Å². The van der Waals surface area contributed by atoms with E-state index in [1.807, 2.05) is 37.8 Å². The Hall–Kier alpha value is -3.86. The molecule has 3 fully saturated rings. The summed E-state index contributed by atoms with van der Waals surface area (Å²) in [7, 11) is 0. The van der Waals surface area contributed by atoms with Crippen molar-refractivity contribution in [3.05, 3.63) is 42.4 Å². The lowest BCUT2D eigenvalue weighted by Crippen LogP contribution is -2.70. The number of ether oxygens (including phenoxy) is 2. The highest BCUT2D eigenvalue weighted by atomic mass is 16.6. The number of primary amides is 1. The van der Waals surface area contributed by atoms with Gasteiger partial charge in [-0.15, -0.1) is 0 Å². The van der Waals surface area contributed by atoms with Crippen LogP contribution in [0.4, 0.5) is 10.6 Å². The van der Waals surface area contributed by atoms with E-state index < -0.39 is 17.1 Å². The Kier molecular flexibility index (Phi) is 6.21. The van der Waals surface area contributed by atoms with Crippen molar-refractivity contribution in [2.24, 2.45) is 5.73 Å². The second-order valence-corrected chi connectivity index (χ2v) is 11.6. The van der Waals surface area contributed by atoms with Crippen molar-refractivity contribution >= 4 is 23.3 Å². The van der Waals surface area contributed by atoms with Crippen molar-refractivity contribution in [2.45, 2.75) is 64.3 Å². The van der Waals surface area contributed by atoms with E-state index in [9.17, 15) is 14.7 Å². The average Bonchev–Trinajstić information content (AvgIpc) is 3.25. The number of carbonyl (C=O) groups is 2. The Morgan fingerprint density at radius 3 is 2.42 bits per heavy atom. The van der Waals surface area contributed by atoms with E-state index in [0.717, 1.165) is 17.8 Å². The van der Waals surface area contributed by atoms with Gasteiger partial charge in [0.05, 0.1) is 41.2 Å². The lowest BCUT2D eigenvalue weighted by Gasteiger charge is -2.56. The van der Waals surface area contributed by atoms with Gasteiger partial charge in [-0.2, -0.15) is 5.10 Å². The third-order valence-electron chi connectivity index (χ3n) is 6.62. The lowest BCUT2D eigenvalue weighted by atomic mass is 9.88. The number of pyridine rings is 2. The number of nitrogens with two attached hydrogens (primary N) is 1. The molecule has 2 unspecified atom stereocenters. The minimum atomic E-state index is -1.02. The number of amides is 2. The number of rotatable bonds is 6. The lowest BCUT2D eigenvalue weighted by molar-refractivity contribution is -0.0380. The van der Waals surface area contributed by atoms with Crippen LogP contribution in [0.25, 0.3) is 16.6 Å². The molecular formula is C27H34N6O5. The Labute approximate surface area is 221 Å². The van der Waals surface area contributed by atoms with Crippen LogP contribution in [0.1, 0.15) is 51.4 Å². The zero-order chi connectivity index (χ0) is 27.4. The molecule has 2 atom stereocenters. The number of piperazine rings is 1. The summed E-state index contributed by atoms with van der Waals surface area (Å²) in [4.78, 5) is 33.4. The molecule has 0 spiro atoms. The quantitative estimate of drug-likeness (QED) is 0.505. The second kappa shape index (κ2) is 9.16. The van der Waals surface area contributed by atoms with Crippen LogP contribution < -0.4 is 15.4 Å². The molecule has 3 aliphatic heterocycles. The minimum Gasteiger partial charge on any atom is -0.489 e. The summed E-state index contributed by atoms with van der Waals surface area (Å²) >= 11 is 0. The van der Waals surface area contributed by atoms with Crippen molar-refractivity contribution < 1.29 is 24.2 Å². The number of hydrogen-bond acceptors (Lipinski definition) is 8. The number of anilines is 1. The summed E-state index contributed by atoms with van der Waals surface area (Å²) in [6.07, 6.45) is 5.52. The minimum absolute atomic E-state index is 0.0800. The summed E-state index contributed by atoms with van der Waals surface area (Å²) in [5.74, 6) is 0.704. The molecule has 3 aromatic heterocycles. The molecule has 2 bridgehead atoms. The fraction of sp³-hybridized carbons (Fsp3) is 0.481. The molecule has 3 aromatic rings. The van der Waals surface area contributed by atoms with Gasteiger partial charge in [0.2, 0.25) is 0 Å². The summed E-state index contributed by atoms with van der Waals surface area (Å²) in [5.41, 5.74) is 6.35. The number of aromatic nitrogens is 3. The van der Waals surface area contributed by atoms with E-state index in [0.29, 0.717) is 29.9 Å². The Morgan fingerprint density at radius 2 is 1.84 bits per heavy atom. The molecule has 3 saturated heterocycles. The van der Waals surface area contributed by atoms with Gasteiger partial charge >= 0.3 is 6.09 Å². The molecule has 0 aliphatic carbocycles. The van der Waals surface area contributed by atoms with Crippen LogP contribution >= 0.6 is 0 Å². The number of piperidine rings is 1. The molecule has 6 heterocycles. The number of carbonyl (C=O) groups excluding carboxylic acids is 2. The first-order chi connectivity index (χ1) is 17.8. The maximum Gasteiger partial charge on any atom is 0.410 e. The predicted molar refractivity (Wildman–Crippen MR) is 141 cm³/mol. The topological polar surface area (TPSA) is 136 Å². The van der Waals surface area contributed by atoms with Gasteiger partial charge in [0.1, 0.15) is 23.8 Å². The van der Waals surface area contributed by atoms with Gasteiger partial charge in [-0.1, -0.05) is 0 Å². The van der Waals surface area contributed by atoms with Crippen molar-refractivity contribution in [1.29, 1.82) is 0 Å². The van der Waals surface area contributed by atoms with Crippen molar-refractivity contribution in [3.8, 4) is 16.9 Å². The summed E-state index contributed by atoms with van der Waals surface area (Å²) in [6, 6.07) is 5.85. The predicted octanol–water partition coefficient (Wildman–Crippen LogP) is 2.84. The maximum absolute atomic E-state index is 12.6. The summed E-state index contributed by atoms with van der Waals surface area (Å²) in [6.45, 7) is 10.4. The molecule has 0 aromatic carbocycles. The highest BCUT2D eigenvalue weighted by Crippen LogP contribution is 2.36. The molecular weight excluding hydrogens is 488 g/mol. The number of fused-ring (bicyclic) bond motifs is 3. The smallest absolute Gasteiger partial charge is 0.410 e. The first kappa shape index (κ1) is 25.8. The van der Waals surface area contributed by atoms with Crippen molar-refractivity contribution in [1.82, 2.24) is 19.5 Å². The first-order valence-electron chi connectivity index (χ1n) is 12.7. The molecule has 0 radical (unpaired) electrons. The zero-order valence-corrected chi connectivity index (χ0v) is 22.3. The molecule has 202 valence electrons. The van der Waals surface area contributed by atoms with Crippen LogP contribution in [0.15, 0.2) is 36.8 Å². The van der Waals surface area contributed by atoms with E-state index in [2.05, 4.69) is 10.00 Å². The van der Waals surface area contributed by atoms with Gasteiger partial charge < -0.3 is 25.2 Å². The van der Waals surface area contributed by atoms with Crippen LogP contribution in [0, 0.1) is 0 Å². The van der Waals surface area contributed by atoms with Crippen molar-refractivity contribution in [3.63, 3.8) is 0 Å². The third-order valence-corrected chi connectivity index (χ3v) is 6.62. The fourth-order valence-corrected chi connectivity index (χ4v) is 4.98. The molecule has 2 amide bonds. The molecule has 11 nitrogen and oxygen atoms in total. The average molecular weight is 523 g/mol. The van der Waals surface area contributed by atoms with E-state index in [1.165, 1.54) is 6.20 Å². The van der Waals surface area contributed by atoms with Crippen molar-refractivity contribution in [2.75, 3.05) is 24.6 Å². The highest BCUT2D eigenvalue weighted by molar-refractivity contribution is 6.03.